The van der Waals surface area contributed by atoms with Gasteiger partial charge in [0, 0.05) is 18.3 Å². The number of carbonyl (C=O) groups excluding carboxylic acids is 2. The molecule has 2 aromatic carbocycles. The standard InChI is InChI=1S/C27H35FN2O3S/c1-3-25(27(32)29-22-10-5-4-6-11-22)30(17-20-13-15-23(33-2)16-14-20)26(31)19-34-18-21-9-7-8-12-24(21)28/h7-9,12-16,22,25H,3-6,10-11,17-19H2,1-2H3,(H,29,32)/t25-/m1/s1. The monoisotopic (exact) mass is 486 g/mol. The Morgan fingerprint density at radius 1 is 1.12 bits per heavy atom. The lowest BCUT2D eigenvalue weighted by Crippen LogP contribution is -2.52. The van der Waals surface area contributed by atoms with Crippen LogP contribution >= 0.6 is 11.8 Å². The molecule has 0 radical (unpaired) electrons. The summed E-state index contributed by atoms with van der Waals surface area (Å²) in [4.78, 5) is 28.3. The van der Waals surface area contributed by atoms with Crippen LogP contribution in [0, 0.1) is 5.82 Å². The highest BCUT2D eigenvalue weighted by atomic mass is 32.2. The fourth-order valence-electron chi connectivity index (χ4n) is 4.34. The molecule has 2 amide bonds. The molecule has 0 unspecified atom stereocenters. The van der Waals surface area contributed by atoms with Crippen LogP contribution in [0.4, 0.5) is 4.39 Å². The highest BCUT2D eigenvalue weighted by Crippen LogP contribution is 2.21. The third-order valence-electron chi connectivity index (χ3n) is 6.29. The Kier molecular flexibility index (Phi) is 10.3. The number of ether oxygens (including phenoxy) is 1. The Hall–Kier alpha value is -2.54. The van der Waals surface area contributed by atoms with E-state index in [9.17, 15) is 14.0 Å². The van der Waals surface area contributed by atoms with Gasteiger partial charge < -0.3 is 15.0 Å². The summed E-state index contributed by atoms with van der Waals surface area (Å²) in [6.45, 7) is 2.27. The van der Waals surface area contributed by atoms with Crippen molar-refractivity contribution >= 4 is 23.6 Å². The fraction of sp³-hybridized carbons (Fsp3) is 0.481. The first kappa shape index (κ1) is 26.1. The lowest BCUT2D eigenvalue weighted by atomic mass is 9.95. The van der Waals surface area contributed by atoms with Crippen molar-refractivity contribution in [2.75, 3.05) is 12.9 Å². The second-order valence-electron chi connectivity index (χ2n) is 8.72. The lowest BCUT2D eigenvalue weighted by Gasteiger charge is -2.32. The predicted octanol–water partition coefficient (Wildman–Crippen LogP) is 5.32. The Labute approximate surface area is 206 Å². The molecule has 1 atom stereocenters. The zero-order chi connectivity index (χ0) is 24.3. The average Bonchev–Trinajstić information content (AvgIpc) is 2.86. The minimum absolute atomic E-state index is 0.0876. The number of methoxy groups -OCH3 is 1. The number of halogens is 1. The topological polar surface area (TPSA) is 58.6 Å². The summed E-state index contributed by atoms with van der Waals surface area (Å²) in [6, 6.07) is 13.8. The molecular formula is C27H35FN2O3S. The highest BCUT2D eigenvalue weighted by Gasteiger charge is 2.30. The molecule has 3 rings (SSSR count). The number of rotatable bonds is 11. The Morgan fingerprint density at radius 3 is 2.47 bits per heavy atom. The zero-order valence-corrected chi connectivity index (χ0v) is 20.9. The van der Waals surface area contributed by atoms with Crippen molar-refractivity contribution in [2.45, 2.75) is 69.8 Å². The molecule has 0 saturated heterocycles. The van der Waals surface area contributed by atoms with E-state index in [1.165, 1.54) is 24.2 Å². The molecule has 0 aliphatic heterocycles. The summed E-state index contributed by atoms with van der Waals surface area (Å²) in [5.41, 5.74) is 1.50. The summed E-state index contributed by atoms with van der Waals surface area (Å²) in [5.74, 6) is 0.843. The number of hydrogen-bond acceptors (Lipinski definition) is 4. The summed E-state index contributed by atoms with van der Waals surface area (Å²) in [7, 11) is 1.61. The van der Waals surface area contributed by atoms with Gasteiger partial charge in [0.05, 0.1) is 12.9 Å². The maximum Gasteiger partial charge on any atom is 0.243 e. The Balaban J connectivity index is 1.71. The molecule has 1 saturated carbocycles. The quantitative estimate of drug-likeness (QED) is 0.467. The SMILES string of the molecule is CC[C@H](C(=O)NC1CCCCC1)N(Cc1ccc(OC)cc1)C(=O)CSCc1ccccc1F. The second kappa shape index (κ2) is 13.4. The summed E-state index contributed by atoms with van der Waals surface area (Å²) >= 11 is 1.37. The number of nitrogens with zero attached hydrogens (tertiary/aromatic N) is 1. The highest BCUT2D eigenvalue weighted by molar-refractivity contribution is 7.99. The van der Waals surface area contributed by atoms with Crippen LogP contribution in [-0.4, -0.2) is 41.7 Å². The first-order valence-corrected chi connectivity index (χ1v) is 13.2. The van der Waals surface area contributed by atoms with Crippen LogP contribution in [0.1, 0.15) is 56.6 Å². The summed E-state index contributed by atoms with van der Waals surface area (Å²) in [6.07, 6.45) is 5.98. The van der Waals surface area contributed by atoms with Gasteiger partial charge in [-0.15, -0.1) is 11.8 Å². The normalized spacial score (nSPS) is 14.9. The van der Waals surface area contributed by atoms with Crippen LogP contribution in [0.15, 0.2) is 48.5 Å². The molecule has 2 aromatic rings. The Morgan fingerprint density at radius 2 is 1.82 bits per heavy atom. The number of nitrogens with one attached hydrogen (secondary N) is 1. The van der Waals surface area contributed by atoms with Gasteiger partial charge in [-0.05, 0) is 48.6 Å². The third-order valence-corrected chi connectivity index (χ3v) is 7.26. The molecule has 0 aromatic heterocycles. The molecule has 1 N–H and O–H groups in total. The van der Waals surface area contributed by atoms with Crippen molar-refractivity contribution in [3.05, 3.63) is 65.5 Å². The molecule has 0 heterocycles. The van der Waals surface area contributed by atoms with Gasteiger partial charge in [0.15, 0.2) is 0 Å². The van der Waals surface area contributed by atoms with Crippen molar-refractivity contribution in [1.29, 1.82) is 0 Å². The fourth-order valence-corrected chi connectivity index (χ4v) is 5.23. The van der Waals surface area contributed by atoms with E-state index in [4.69, 9.17) is 4.74 Å². The predicted molar refractivity (Wildman–Crippen MR) is 135 cm³/mol. The number of amides is 2. The largest absolute Gasteiger partial charge is 0.497 e. The minimum atomic E-state index is -0.550. The van der Waals surface area contributed by atoms with E-state index in [1.54, 1.807) is 30.2 Å². The van der Waals surface area contributed by atoms with Crippen LogP contribution in [0.25, 0.3) is 0 Å². The maximum atomic E-state index is 14.0. The molecule has 5 nitrogen and oxygen atoms in total. The van der Waals surface area contributed by atoms with E-state index in [0.29, 0.717) is 24.3 Å². The first-order valence-electron chi connectivity index (χ1n) is 12.1. The molecular weight excluding hydrogens is 451 g/mol. The second-order valence-corrected chi connectivity index (χ2v) is 9.71. The molecule has 1 aliphatic carbocycles. The molecule has 184 valence electrons. The van der Waals surface area contributed by atoms with E-state index in [1.807, 2.05) is 31.2 Å². The van der Waals surface area contributed by atoms with Crippen LogP contribution in [0.3, 0.4) is 0 Å². The number of benzene rings is 2. The van der Waals surface area contributed by atoms with Crippen molar-refractivity contribution in [3.8, 4) is 5.75 Å². The van der Waals surface area contributed by atoms with Gasteiger partial charge in [-0.2, -0.15) is 0 Å². The lowest BCUT2D eigenvalue weighted by molar-refractivity contribution is -0.139. The van der Waals surface area contributed by atoms with Crippen molar-refractivity contribution < 1.29 is 18.7 Å². The van der Waals surface area contributed by atoms with Gasteiger partial charge in [-0.3, -0.25) is 9.59 Å². The summed E-state index contributed by atoms with van der Waals surface area (Å²) in [5, 5.41) is 3.19. The first-order chi connectivity index (χ1) is 16.5. The molecule has 1 aliphatic rings. The molecule has 0 bridgehead atoms. The van der Waals surface area contributed by atoms with Gasteiger partial charge in [-0.25, -0.2) is 4.39 Å². The minimum Gasteiger partial charge on any atom is -0.497 e. The van der Waals surface area contributed by atoms with Gasteiger partial charge >= 0.3 is 0 Å². The van der Waals surface area contributed by atoms with Crippen LogP contribution < -0.4 is 10.1 Å². The molecule has 7 heteroatoms. The van der Waals surface area contributed by atoms with Crippen LogP contribution in [0.2, 0.25) is 0 Å². The van der Waals surface area contributed by atoms with Crippen molar-refractivity contribution in [1.82, 2.24) is 10.2 Å². The van der Waals surface area contributed by atoms with Gasteiger partial charge in [0.25, 0.3) is 0 Å². The Bertz CT molecular complexity index is 932. The van der Waals surface area contributed by atoms with E-state index >= 15 is 0 Å². The van der Waals surface area contributed by atoms with E-state index in [0.717, 1.165) is 37.0 Å². The molecule has 0 spiro atoms. The molecule has 34 heavy (non-hydrogen) atoms. The molecule has 1 fully saturated rings. The summed E-state index contributed by atoms with van der Waals surface area (Å²) < 4.78 is 19.2. The van der Waals surface area contributed by atoms with E-state index in [2.05, 4.69) is 5.32 Å². The maximum absolute atomic E-state index is 14.0. The van der Waals surface area contributed by atoms with Crippen LogP contribution in [-0.2, 0) is 21.9 Å². The smallest absolute Gasteiger partial charge is 0.243 e. The van der Waals surface area contributed by atoms with Gasteiger partial charge in [-0.1, -0.05) is 56.5 Å². The zero-order valence-electron chi connectivity index (χ0n) is 20.1. The number of thioether (sulfide) groups is 1. The van der Waals surface area contributed by atoms with Gasteiger partial charge in [0.1, 0.15) is 17.6 Å². The van der Waals surface area contributed by atoms with E-state index < -0.39 is 6.04 Å². The van der Waals surface area contributed by atoms with Crippen molar-refractivity contribution in [2.24, 2.45) is 0 Å². The average molecular weight is 487 g/mol. The number of hydrogen-bond donors (Lipinski definition) is 1. The van der Waals surface area contributed by atoms with Gasteiger partial charge in [0.2, 0.25) is 11.8 Å². The number of carbonyl (C=O) groups is 2. The van der Waals surface area contributed by atoms with Crippen molar-refractivity contribution in [3.63, 3.8) is 0 Å². The van der Waals surface area contributed by atoms with E-state index in [-0.39, 0.29) is 29.4 Å². The van der Waals surface area contributed by atoms with Crippen LogP contribution in [0.5, 0.6) is 5.75 Å². The third kappa shape index (κ3) is 7.49.